The Morgan fingerprint density at radius 2 is 2.25 bits per heavy atom. The van der Waals surface area contributed by atoms with Crippen molar-refractivity contribution in [3.05, 3.63) is 46.5 Å². The van der Waals surface area contributed by atoms with Gasteiger partial charge in [-0.3, -0.25) is 14.1 Å². The monoisotopic (exact) mass is 272 g/mol. The van der Waals surface area contributed by atoms with Gasteiger partial charge < -0.3 is 5.32 Å². The highest BCUT2D eigenvalue weighted by molar-refractivity contribution is 5.37. The van der Waals surface area contributed by atoms with Crippen molar-refractivity contribution in [1.82, 2.24) is 19.6 Å². The minimum absolute atomic E-state index is 0.0126. The maximum atomic E-state index is 12.1. The fraction of sp³-hybridized carbons (Fsp3) is 0.467. The zero-order valence-electron chi connectivity index (χ0n) is 11.9. The summed E-state index contributed by atoms with van der Waals surface area (Å²) in [6.45, 7) is 7.08. The Kier molecular flexibility index (Phi) is 3.54. The lowest BCUT2D eigenvalue weighted by molar-refractivity contribution is 0.137. The van der Waals surface area contributed by atoms with Gasteiger partial charge >= 0.3 is 0 Å². The smallest absolute Gasteiger partial charge is 0.258 e. The number of rotatable bonds is 2. The Morgan fingerprint density at radius 1 is 1.40 bits per heavy atom. The normalized spacial score (nSPS) is 24.1. The Labute approximate surface area is 118 Å². The van der Waals surface area contributed by atoms with Gasteiger partial charge in [-0.15, -0.1) is 0 Å². The van der Waals surface area contributed by atoms with E-state index in [1.807, 2.05) is 18.2 Å². The average Bonchev–Trinajstić information content (AvgIpc) is 2.43. The molecular weight excluding hydrogens is 252 g/mol. The summed E-state index contributed by atoms with van der Waals surface area (Å²) in [6.07, 6.45) is 1.75. The summed E-state index contributed by atoms with van der Waals surface area (Å²) >= 11 is 0. The van der Waals surface area contributed by atoms with Crippen molar-refractivity contribution in [2.75, 3.05) is 13.1 Å². The molecule has 3 heterocycles. The van der Waals surface area contributed by atoms with E-state index in [2.05, 4.69) is 29.0 Å². The van der Waals surface area contributed by atoms with Crippen LogP contribution in [0.1, 0.15) is 19.5 Å². The molecule has 0 spiro atoms. The molecule has 0 amide bonds. The highest BCUT2D eigenvalue weighted by atomic mass is 16.1. The zero-order chi connectivity index (χ0) is 14.1. The second-order valence-electron chi connectivity index (χ2n) is 5.60. The third-order valence-electron chi connectivity index (χ3n) is 3.88. The molecule has 1 saturated heterocycles. The van der Waals surface area contributed by atoms with Gasteiger partial charge in [-0.25, -0.2) is 4.98 Å². The third-order valence-corrected chi connectivity index (χ3v) is 3.88. The van der Waals surface area contributed by atoms with Crippen molar-refractivity contribution in [1.29, 1.82) is 0 Å². The number of piperazine rings is 1. The quantitative estimate of drug-likeness (QED) is 0.881. The number of aromatic nitrogens is 2. The van der Waals surface area contributed by atoms with Gasteiger partial charge in [-0.2, -0.15) is 0 Å². The third kappa shape index (κ3) is 2.59. The molecule has 5 heteroatoms. The first-order valence-electron chi connectivity index (χ1n) is 7.08. The minimum atomic E-state index is -0.0126. The molecule has 20 heavy (non-hydrogen) atoms. The lowest BCUT2D eigenvalue weighted by atomic mass is 10.1. The van der Waals surface area contributed by atoms with Crippen molar-refractivity contribution in [2.24, 2.45) is 0 Å². The van der Waals surface area contributed by atoms with Crippen LogP contribution >= 0.6 is 0 Å². The molecule has 1 fully saturated rings. The lowest BCUT2D eigenvalue weighted by Crippen LogP contribution is -2.53. The molecule has 0 aromatic carbocycles. The average molecular weight is 272 g/mol. The molecule has 1 aliphatic rings. The SMILES string of the molecule is CC1CN(Cc2cc(=O)n3ccccc3n2)C(C)CN1. The summed E-state index contributed by atoms with van der Waals surface area (Å²) in [7, 11) is 0. The Morgan fingerprint density at radius 3 is 3.10 bits per heavy atom. The minimum Gasteiger partial charge on any atom is -0.311 e. The first kappa shape index (κ1) is 13.3. The largest absolute Gasteiger partial charge is 0.311 e. The summed E-state index contributed by atoms with van der Waals surface area (Å²) in [5, 5.41) is 3.46. The molecular formula is C15H20N4O. The summed E-state index contributed by atoms with van der Waals surface area (Å²) in [4.78, 5) is 19.0. The predicted molar refractivity (Wildman–Crippen MR) is 78.8 cm³/mol. The van der Waals surface area contributed by atoms with Crippen molar-refractivity contribution < 1.29 is 0 Å². The van der Waals surface area contributed by atoms with Crippen LogP contribution in [-0.4, -0.2) is 39.5 Å². The van der Waals surface area contributed by atoms with E-state index in [4.69, 9.17) is 0 Å². The molecule has 2 unspecified atom stereocenters. The van der Waals surface area contributed by atoms with Gasteiger partial charge in [0.15, 0.2) is 0 Å². The number of nitrogens with zero attached hydrogens (tertiary/aromatic N) is 3. The molecule has 0 aliphatic carbocycles. The van der Waals surface area contributed by atoms with Crippen LogP contribution in [-0.2, 0) is 6.54 Å². The fourth-order valence-corrected chi connectivity index (χ4v) is 2.71. The molecule has 2 aromatic rings. The summed E-state index contributed by atoms with van der Waals surface area (Å²) in [5.74, 6) is 0. The van der Waals surface area contributed by atoms with Gasteiger partial charge in [0.05, 0.1) is 5.69 Å². The Hall–Kier alpha value is -1.72. The fourth-order valence-electron chi connectivity index (χ4n) is 2.71. The lowest BCUT2D eigenvalue weighted by Gasteiger charge is -2.37. The van der Waals surface area contributed by atoms with Crippen molar-refractivity contribution in [3.63, 3.8) is 0 Å². The molecule has 0 radical (unpaired) electrons. The Bertz CT molecular complexity index is 666. The second kappa shape index (κ2) is 5.34. The maximum absolute atomic E-state index is 12.1. The van der Waals surface area contributed by atoms with Crippen LogP contribution in [0.4, 0.5) is 0 Å². The van der Waals surface area contributed by atoms with E-state index >= 15 is 0 Å². The molecule has 3 rings (SSSR count). The summed E-state index contributed by atoms with van der Waals surface area (Å²) < 4.78 is 1.58. The van der Waals surface area contributed by atoms with Gasteiger partial charge in [0, 0.05) is 44.0 Å². The summed E-state index contributed by atoms with van der Waals surface area (Å²) in [6, 6.07) is 8.20. The molecule has 1 N–H and O–H groups in total. The van der Waals surface area contributed by atoms with E-state index in [1.54, 1.807) is 16.7 Å². The number of hydrogen-bond donors (Lipinski definition) is 1. The number of hydrogen-bond acceptors (Lipinski definition) is 4. The van der Waals surface area contributed by atoms with E-state index in [0.29, 0.717) is 17.7 Å². The zero-order valence-corrected chi connectivity index (χ0v) is 11.9. The number of pyridine rings is 1. The highest BCUT2D eigenvalue weighted by Crippen LogP contribution is 2.10. The molecule has 5 nitrogen and oxygen atoms in total. The molecule has 2 atom stereocenters. The van der Waals surface area contributed by atoms with Crippen molar-refractivity contribution >= 4 is 5.65 Å². The molecule has 106 valence electrons. The van der Waals surface area contributed by atoms with Gasteiger partial charge in [-0.05, 0) is 26.0 Å². The highest BCUT2D eigenvalue weighted by Gasteiger charge is 2.22. The molecule has 1 aliphatic heterocycles. The van der Waals surface area contributed by atoms with Gasteiger partial charge in [-0.1, -0.05) is 6.07 Å². The predicted octanol–water partition coefficient (Wildman–Crippen LogP) is 0.877. The van der Waals surface area contributed by atoms with Gasteiger partial charge in [0.1, 0.15) is 5.65 Å². The van der Waals surface area contributed by atoms with Crippen LogP contribution in [0.25, 0.3) is 5.65 Å². The van der Waals surface area contributed by atoms with Crippen LogP contribution in [0.5, 0.6) is 0 Å². The van der Waals surface area contributed by atoms with Crippen LogP contribution in [0.3, 0.4) is 0 Å². The molecule has 2 aromatic heterocycles. The van der Waals surface area contributed by atoms with Crippen LogP contribution in [0.2, 0.25) is 0 Å². The van der Waals surface area contributed by atoms with E-state index in [1.165, 1.54) is 0 Å². The maximum Gasteiger partial charge on any atom is 0.258 e. The van der Waals surface area contributed by atoms with Gasteiger partial charge in [0.25, 0.3) is 5.56 Å². The van der Waals surface area contributed by atoms with E-state index in [-0.39, 0.29) is 5.56 Å². The topological polar surface area (TPSA) is 49.6 Å². The standard InChI is InChI=1S/C15H20N4O/c1-11-9-18(12(2)8-16-11)10-13-7-15(20)19-6-4-3-5-14(19)17-13/h3-7,11-12,16H,8-10H2,1-2H3. The number of nitrogens with one attached hydrogen (secondary N) is 1. The first-order chi connectivity index (χ1) is 9.63. The van der Waals surface area contributed by atoms with Crippen molar-refractivity contribution in [3.8, 4) is 0 Å². The van der Waals surface area contributed by atoms with E-state index in [0.717, 1.165) is 25.3 Å². The van der Waals surface area contributed by atoms with Gasteiger partial charge in [0.2, 0.25) is 0 Å². The number of fused-ring (bicyclic) bond motifs is 1. The van der Waals surface area contributed by atoms with Crippen LogP contribution in [0, 0.1) is 0 Å². The van der Waals surface area contributed by atoms with Crippen LogP contribution in [0.15, 0.2) is 35.3 Å². The van der Waals surface area contributed by atoms with E-state index < -0.39 is 0 Å². The van der Waals surface area contributed by atoms with Crippen LogP contribution < -0.4 is 10.9 Å². The Balaban J connectivity index is 1.89. The van der Waals surface area contributed by atoms with Crippen molar-refractivity contribution in [2.45, 2.75) is 32.5 Å². The summed E-state index contributed by atoms with van der Waals surface area (Å²) in [5.41, 5.74) is 1.55. The first-order valence-corrected chi connectivity index (χ1v) is 7.08. The second-order valence-corrected chi connectivity index (χ2v) is 5.60. The molecule has 0 bridgehead atoms. The molecule has 0 saturated carbocycles. The van der Waals surface area contributed by atoms with E-state index in [9.17, 15) is 4.79 Å².